The summed E-state index contributed by atoms with van der Waals surface area (Å²) in [5.41, 5.74) is 5.59. The Kier molecular flexibility index (Phi) is 8.41. The normalized spacial score (nSPS) is 20.0. The van der Waals surface area contributed by atoms with E-state index in [1.54, 1.807) is 7.11 Å². The summed E-state index contributed by atoms with van der Waals surface area (Å²) in [6.45, 7) is 10.3. The molecule has 10 heteroatoms. The topological polar surface area (TPSA) is 90.9 Å². The first-order valence-electron chi connectivity index (χ1n) is 15.1. The predicted molar refractivity (Wildman–Crippen MR) is 165 cm³/mol. The lowest BCUT2D eigenvalue weighted by atomic mass is 10.00. The summed E-state index contributed by atoms with van der Waals surface area (Å²) in [4.78, 5) is 22.4. The third-order valence-electron chi connectivity index (χ3n) is 9.02. The van der Waals surface area contributed by atoms with Gasteiger partial charge in [-0.25, -0.2) is 15.0 Å². The summed E-state index contributed by atoms with van der Waals surface area (Å²) in [6, 6.07) is 7.52. The molecule has 3 saturated heterocycles. The first-order chi connectivity index (χ1) is 20.0. The Morgan fingerprint density at radius 1 is 0.927 bits per heavy atom. The number of rotatable bonds is 7. The van der Waals surface area contributed by atoms with E-state index in [2.05, 4.69) is 50.6 Å². The Labute approximate surface area is 243 Å². The van der Waals surface area contributed by atoms with Crippen LogP contribution in [0.25, 0.3) is 22.2 Å². The third kappa shape index (κ3) is 5.91. The second-order valence-electron chi connectivity index (χ2n) is 11.6. The van der Waals surface area contributed by atoms with Crippen molar-refractivity contribution in [3.63, 3.8) is 0 Å². The maximum atomic E-state index is 5.97. The summed E-state index contributed by atoms with van der Waals surface area (Å²) < 4.78 is 11.5. The smallest absolute Gasteiger partial charge is 0.153 e. The molecule has 2 aromatic heterocycles. The van der Waals surface area contributed by atoms with Gasteiger partial charge in [-0.15, -0.1) is 0 Å². The summed E-state index contributed by atoms with van der Waals surface area (Å²) in [6.07, 6.45) is 6.20. The summed E-state index contributed by atoms with van der Waals surface area (Å²) >= 11 is 0. The second kappa shape index (κ2) is 12.3. The molecule has 10 nitrogen and oxygen atoms in total. The highest BCUT2D eigenvalue weighted by Crippen LogP contribution is 2.38. The fourth-order valence-corrected chi connectivity index (χ4v) is 6.46. The molecule has 3 aliphatic heterocycles. The lowest BCUT2D eigenvalue weighted by Gasteiger charge is -2.42. The van der Waals surface area contributed by atoms with Gasteiger partial charge in [0.1, 0.15) is 22.6 Å². The number of nitrogens with one attached hydrogen (secondary N) is 2. The Bertz CT molecular complexity index is 1350. The quantitative estimate of drug-likeness (QED) is 0.444. The van der Waals surface area contributed by atoms with Crippen LogP contribution < -0.4 is 20.3 Å². The van der Waals surface area contributed by atoms with Gasteiger partial charge >= 0.3 is 0 Å². The number of piperazine rings is 1. The zero-order chi connectivity index (χ0) is 28.3. The fraction of sp³-hybridized carbons (Fsp3) is 0.581. The Morgan fingerprint density at radius 2 is 1.68 bits per heavy atom. The van der Waals surface area contributed by atoms with E-state index in [4.69, 9.17) is 24.4 Å². The van der Waals surface area contributed by atoms with Gasteiger partial charge in [0.05, 0.1) is 18.5 Å². The van der Waals surface area contributed by atoms with E-state index in [1.165, 1.54) is 39.0 Å². The molecule has 3 fully saturated rings. The molecule has 0 atom stereocenters. The molecule has 2 N–H and O–H groups in total. The lowest BCUT2D eigenvalue weighted by molar-refractivity contribution is 0.0903. The molecular weight excluding hydrogens is 516 g/mol. The second-order valence-corrected chi connectivity index (χ2v) is 11.6. The highest BCUT2D eigenvalue weighted by molar-refractivity contribution is 5.98. The van der Waals surface area contributed by atoms with E-state index in [9.17, 15) is 0 Å². The average Bonchev–Trinajstić information content (AvgIpc) is 3.01. The maximum absolute atomic E-state index is 5.97. The van der Waals surface area contributed by atoms with Crippen LogP contribution in [0.1, 0.15) is 31.4 Å². The molecule has 1 aromatic carbocycles. The Hall–Kier alpha value is -3.21. The molecule has 0 radical (unpaired) electrons. The van der Waals surface area contributed by atoms with Gasteiger partial charge in [0.15, 0.2) is 5.82 Å². The summed E-state index contributed by atoms with van der Waals surface area (Å²) in [5, 5.41) is 6.82. The molecule has 41 heavy (non-hydrogen) atoms. The van der Waals surface area contributed by atoms with Gasteiger partial charge in [-0.3, -0.25) is 4.90 Å². The number of likely N-dealkylation sites (N-methyl/N-ethyl adjacent to an activating group) is 1. The van der Waals surface area contributed by atoms with Crippen molar-refractivity contribution in [3.05, 3.63) is 30.1 Å². The number of anilines is 3. The molecule has 0 amide bonds. The van der Waals surface area contributed by atoms with Gasteiger partial charge in [-0.05, 0) is 57.4 Å². The molecule has 3 aliphatic rings. The number of aryl methyl sites for hydroxylation is 1. The summed E-state index contributed by atoms with van der Waals surface area (Å²) in [5.74, 6) is 2.43. The first-order valence-corrected chi connectivity index (χ1v) is 15.1. The van der Waals surface area contributed by atoms with Crippen LogP contribution in [0.15, 0.2) is 24.4 Å². The number of piperidine rings is 1. The van der Waals surface area contributed by atoms with Gasteiger partial charge in [0.25, 0.3) is 0 Å². The number of benzene rings is 1. The molecule has 5 heterocycles. The zero-order valence-electron chi connectivity index (χ0n) is 24.9. The van der Waals surface area contributed by atoms with Crippen LogP contribution in [0.4, 0.5) is 17.3 Å². The molecule has 3 aromatic rings. The molecule has 0 aliphatic carbocycles. The van der Waals surface area contributed by atoms with Crippen molar-refractivity contribution in [2.75, 3.05) is 89.2 Å². The van der Waals surface area contributed by atoms with Crippen LogP contribution >= 0.6 is 0 Å². The molecule has 6 rings (SSSR count). The number of nitrogens with zero attached hydrogens (tertiary/aromatic N) is 6. The Balaban J connectivity index is 1.26. The molecule has 220 valence electrons. The molecule has 0 saturated carbocycles. The van der Waals surface area contributed by atoms with Crippen LogP contribution in [-0.4, -0.2) is 111 Å². The van der Waals surface area contributed by atoms with E-state index in [1.807, 2.05) is 20.2 Å². The van der Waals surface area contributed by atoms with E-state index in [-0.39, 0.29) is 0 Å². The van der Waals surface area contributed by atoms with E-state index in [0.29, 0.717) is 12.1 Å². The minimum absolute atomic E-state index is 0.336. The van der Waals surface area contributed by atoms with Crippen molar-refractivity contribution in [2.24, 2.45) is 0 Å². The first kappa shape index (κ1) is 27.9. The number of pyridine rings is 1. The average molecular weight is 561 g/mol. The van der Waals surface area contributed by atoms with Crippen molar-refractivity contribution in [1.82, 2.24) is 24.8 Å². The maximum Gasteiger partial charge on any atom is 0.153 e. The molecule has 0 bridgehead atoms. The van der Waals surface area contributed by atoms with Crippen LogP contribution in [0, 0.1) is 6.92 Å². The number of hydrogen-bond donors (Lipinski definition) is 2. The zero-order valence-corrected chi connectivity index (χ0v) is 24.9. The number of ether oxygens (including phenoxy) is 2. The minimum Gasteiger partial charge on any atom is -0.495 e. The van der Waals surface area contributed by atoms with Gasteiger partial charge in [0, 0.05) is 83.4 Å². The minimum atomic E-state index is 0.336. The van der Waals surface area contributed by atoms with Crippen LogP contribution in [0.5, 0.6) is 5.75 Å². The highest BCUT2D eigenvalue weighted by Gasteiger charge is 2.28. The SMILES string of the molecule is CNc1ncc(-c2ccc(N3CCC(N4CCN(C)CC4)CC3)c(OC)c2)c2nc(NC3CCOCC3)c(C)nc12. The largest absolute Gasteiger partial charge is 0.495 e. The lowest BCUT2D eigenvalue weighted by Crippen LogP contribution is -2.52. The van der Waals surface area contributed by atoms with Crippen molar-refractivity contribution in [1.29, 1.82) is 0 Å². The van der Waals surface area contributed by atoms with Crippen molar-refractivity contribution < 1.29 is 9.47 Å². The Morgan fingerprint density at radius 3 is 2.39 bits per heavy atom. The van der Waals surface area contributed by atoms with Gasteiger partial charge < -0.3 is 29.9 Å². The predicted octanol–water partition coefficient (Wildman–Crippen LogP) is 3.86. The van der Waals surface area contributed by atoms with Crippen LogP contribution in [-0.2, 0) is 4.74 Å². The number of fused-ring (bicyclic) bond motifs is 1. The fourth-order valence-electron chi connectivity index (χ4n) is 6.46. The van der Waals surface area contributed by atoms with Crippen LogP contribution in [0.2, 0.25) is 0 Å². The molecule has 0 unspecified atom stereocenters. The monoisotopic (exact) mass is 560 g/mol. The van der Waals surface area contributed by atoms with Crippen molar-refractivity contribution >= 4 is 28.4 Å². The molecule has 0 spiro atoms. The van der Waals surface area contributed by atoms with E-state index < -0.39 is 0 Å². The summed E-state index contributed by atoms with van der Waals surface area (Å²) in [7, 11) is 5.86. The van der Waals surface area contributed by atoms with Crippen LogP contribution in [0.3, 0.4) is 0 Å². The highest BCUT2D eigenvalue weighted by atomic mass is 16.5. The van der Waals surface area contributed by atoms with Gasteiger partial charge in [-0.1, -0.05) is 6.07 Å². The van der Waals surface area contributed by atoms with Crippen molar-refractivity contribution in [2.45, 2.75) is 44.7 Å². The molecular formula is C31H44N8O2. The third-order valence-corrected chi connectivity index (χ3v) is 9.02. The van der Waals surface area contributed by atoms with E-state index in [0.717, 1.165) is 90.1 Å². The standard InChI is InChI=1S/C31H44N8O2/c1-21-30(35-23-9-17-41-18-10-23)36-28-25(20-33-31(32-2)29(28)34-21)22-5-6-26(27(19-22)40-4)39-11-7-24(8-12-39)38-15-13-37(3)14-16-38/h5-6,19-20,23-24H,7-18H2,1-4H3,(H,32,33)(H,35,36). The number of methoxy groups -OCH3 is 1. The van der Waals surface area contributed by atoms with Crippen molar-refractivity contribution in [3.8, 4) is 16.9 Å². The van der Waals surface area contributed by atoms with E-state index >= 15 is 0 Å². The number of aromatic nitrogens is 3. The van der Waals surface area contributed by atoms with Gasteiger partial charge in [-0.2, -0.15) is 0 Å². The van der Waals surface area contributed by atoms with Gasteiger partial charge in [0.2, 0.25) is 0 Å². The number of hydrogen-bond acceptors (Lipinski definition) is 10.